The second-order valence-corrected chi connectivity index (χ2v) is 9.12. The third kappa shape index (κ3) is 5.58. The largest absolute Gasteiger partial charge is 0.367 e. The van der Waals surface area contributed by atoms with Crippen molar-refractivity contribution in [1.29, 1.82) is 0 Å². The van der Waals surface area contributed by atoms with Gasteiger partial charge in [-0.1, -0.05) is 30.3 Å². The molecule has 3 rings (SSSR count). The molecule has 9 heteroatoms. The monoisotopic (exact) mass is 431 g/mol. The molecule has 2 unspecified atom stereocenters. The molecule has 2 aromatic rings. The minimum absolute atomic E-state index is 0.159. The topological polar surface area (TPSA) is 105 Å². The Kier molecular flexibility index (Phi) is 6.42. The van der Waals surface area contributed by atoms with Crippen LogP contribution < -0.4 is 10.0 Å². The van der Waals surface area contributed by atoms with Crippen LogP contribution >= 0.6 is 0 Å². The van der Waals surface area contributed by atoms with Crippen LogP contribution in [0.1, 0.15) is 35.9 Å². The van der Waals surface area contributed by atoms with Crippen LogP contribution in [0.4, 0.5) is 11.4 Å². The third-order valence-electron chi connectivity index (χ3n) is 4.58. The Hall–Kier alpha value is -2.91. The Balaban J connectivity index is 1.93. The lowest BCUT2D eigenvalue weighted by atomic mass is 10.0. The van der Waals surface area contributed by atoms with Gasteiger partial charge in [-0.25, -0.2) is 8.42 Å². The molecule has 0 aliphatic carbocycles. The van der Waals surface area contributed by atoms with Crippen molar-refractivity contribution in [3.05, 3.63) is 59.7 Å². The fraction of sp³-hybridized carbons (Fsp3) is 0.333. The lowest BCUT2D eigenvalue weighted by Crippen LogP contribution is -2.46. The summed E-state index contributed by atoms with van der Waals surface area (Å²) in [6, 6.07) is 14.1. The first-order chi connectivity index (χ1) is 14.1. The Morgan fingerprint density at radius 2 is 1.80 bits per heavy atom. The van der Waals surface area contributed by atoms with Crippen molar-refractivity contribution < 1.29 is 22.7 Å². The molecule has 1 aliphatic rings. The summed E-state index contributed by atoms with van der Waals surface area (Å²) in [5.74, 6) is -0.634. The van der Waals surface area contributed by atoms with Crippen molar-refractivity contribution in [2.24, 2.45) is 0 Å². The molecule has 1 saturated heterocycles. The zero-order valence-electron chi connectivity index (χ0n) is 17.1. The fourth-order valence-electron chi connectivity index (χ4n) is 3.43. The van der Waals surface area contributed by atoms with E-state index in [1.54, 1.807) is 11.0 Å². The van der Waals surface area contributed by atoms with E-state index >= 15 is 0 Å². The van der Waals surface area contributed by atoms with E-state index in [9.17, 15) is 18.0 Å². The molecule has 0 bridgehead atoms. The maximum Gasteiger partial charge on any atom is 0.256 e. The molecule has 2 aromatic carbocycles. The molecule has 160 valence electrons. The molecule has 2 amide bonds. The molecule has 2 atom stereocenters. The van der Waals surface area contributed by atoms with Gasteiger partial charge in [0, 0.05) is 19.2 Å². The van der Waals surface area contributed by atoms with Gasteiger partial charge >= 0.3 is 0 Å². The predicted molar refractivity (Wildman–Crippen MR) is 115 cm³/mol. The number of carbonyl (C=O) groups is 2. The molecule has 0 radical (unpaired) electrons. The van der Waals surface area contributed by atoms with E-state index in [1.165, 1.54) is 19.1 Å². The van der Waals surface area contributed by atoms with Gasteiger partial charge in [0.05, 0.1) is 30.2 Å². The first kappa shape index (κ1) is 21.8. The summed E-state index contributed by atoms with van der Waals surface area (Å²) in [5.41, 5.74) is 1.69. The quantitative estimate of drug-likeness (QED) is 0.757. The van der Waals surface area contributed by atoms with E-state index in [2.05, 4.69) is 10.0 Å². The van der Waals surface area contributed by atoms with Crippen LogP contribution in [-0.4, -0.2) is 50.6 Å². The van der Waals surface area contributed by atoms with Crippen LogP contribution in [0.3, 0.4) is 0 Å². The van der Waals surface area contributed by atoms with E-state index in [0.717, 1.165) is 11.8 Å². The molecule has 1 aliphatic heterocycles. The molecule has 0 spiro atoms. The van der Waals surface area contributed by atoms with Crippen LogP contribution in [0.25, 0.3) is 0 Å². The molecular formula is C21H25N3O5S. The van der Waals surface area contributed by atoms with Crippen molar-refractivity contribution in [3.63, 3.8) is 0 Å². The standard InChI is InChI=1S/C21H25N3O5S/c1-14-12-24(13-20(29-14)16-7-5-4-6-8-16)21(26)18-11-17(22-15(2)25)9-10-19(18)23-30(3,27)28/h4-11,14,20,23H,12-13H2,1-3H3,(H,22,25). The van der Waals surface area contributed by atoms with Gasteiger partial charge in [0.2, 0.25) is 15.9 Å². The minimum atomic E-state index is -3.60. The van der Waals surface area contributed by atoms with E-state index < -0.39 is 10.0 Å². The average molecular weight is 432 g/mol. The zero-order valence-corrected chi connectivity index (χ0v) is 17.9. The van der Waals surface area contributed by atoms with Gasteiger partial charge in [-0.15, -0.1) is 0 Å². The highest BCUT2D eigenvalue weighted by Crippen LogP contribution is 2.29. The van der Waals surface area contributed by atoms with Gasteiger partial charge in [-0.2, -0.15) is 0 Å². The third-order valence-corrected chi connectivity index (χ3v) is 5.18. The number of carbonyl (C=O) groups excluding carboxylic acids is 2. The number of benzene rings is 2. The van der Waals surface area contributed by atoms with E-state index in [0.29, 0.717) is 18.8 Å². The highest BCUT2D eigenvalue weighted by atomic mass is 32.2. The summed E-state index contributed by atoms with van der Waals surface area (Å²) >= 11 is 0. The summed E-state index contributed by atoms with van der Waals surface area (Å²) < 4.78 is 32.0. The number of anilines is 2. The number of rotatable bonds is 5. The number of ether oxygens (including phenoxy) is 1. The molecule has 1 heterocycles. The van der Waals surface area contributed by atoms with E-state index in [-0.39, 0.29) is 35.3 Å². The lowest BCUT2D eigenvalue weighted by molar-refractivity contribution is -0.114. The predicted octanol–water partition coefficient (Wildman–Crippen LogP) is 2.62. The molecule has 2 N–H and O–H groups in total. The summed E-state index contributed by atoms with van der Waals surface area (Å²) in [6.45, 7) is 3.94. The highest BCUT2D eigenvalue weighted by molar-refractivity contribution is 7.92. The summed E-state index contributed by atoms with van der Waals surface area (Å²) in [6.07, 6.45) is 0.534. The normalized spacial score (nSPS) is 19.2. The molecule has 30 heavy (non-hydrogen) atoms. The van der Waals surface area contributed by atoms with Gasteiger partial charge in [0.15, 0.2) is 0 Å². The van der Waals surface area contributed by atoms with E-state index in [1.807, 2.05) is 37.3 Å². The first-order valence-electron chi connectivity index (χ1n) is 9.51. The van der Waals surface area contributed by atoms with Gasteiger partial charge in [-0.3, -0.25) is 14.3 Å². The van der Waals surface area contributed by atoms with Crippen LogP contribution in [-0.2, 0) is 19.6 Å². The average Bonchev–Trinajstić information content (AvgIpc) is 2.67. The molecule has 0 aromatic heterocycles. The zero-order chi connectivity index (χ0) is 21.9. The number of nitrogens with one attached hydrogen (secondary N) is 2. The minimum Gasteiger partial charge on any atom is -0.367 e. The van der Waals surface area contributed by atoms with Crippen LogP contribution in [0.5, 0.6) is 0 Å². The fourth-order valence-corrected chi connectivity index (χ4v) is 4.01. The lowest BCUT2D eigenvalue weighted by Gasteiger charge is -2.37. The summed E-state index contributed by atoms with van der Waals surface area (Å²) in [5, 5.41) is 2.62. The summed E-state index contributed by atoms with van der Waals surface area (Å²) in [7, 11) is -3.60. The Morgan fingerprint density at radius 3 is 2.43 bits per heavy atom. The number of nitrogens with zero attached hydrogens (tertiary/aromatic N) is 1. The molecule has 8 nitrogen and oxygen atoms in total. The number of hydrogen-bond donors (Lipinski definition) is 2. The number of morpholine rings is 1. The Labute approximate surface area is 176 Å². The van der Waals surface area contributed by atoms with Crippen molar-refractivity contribution in [3.8, 4) is 0 Å². The second-order valence-electron chi connectivity index (χ2n) is 7.37. The number of hydrogen-bond acceptors (Lipinski definition) is 5. The van der Waals surface area contributed by atoms with Crippen LogP contribution in [0.2, 0.25) is 0 Å². The van der Waals surface area contributed by atoms with Gasteiger partial charge in [0.1, 0.15) is 6.10 Å². The van der Waals surface area contributed by atoms with Gasteiger partial charge in [-0.05, 0) is 30.7 Å². The number of amides is 2. The molecule has 0 saturated carbocycles. The van der Waals surface area contributed by atoms with Crippen molar-refractivity contribution in [1.82, 2.24) is 4.90 Å². The maximum absolute atomic E-state index is 13.4. The first-order valence-corrected chi connectivity index (χ1v) is 11.4. The molecular weight excluding hydrogens is 406 g/mol. The maximum atomic E-state index is 13.4. The van der Waals surface area contributed by atoms with E-state index in [4.69, 9.17) is 4.74 Å². The Bertz CT molecular complexity index is 1040. The van der Waals surface area contributed by atoms with Crippen molar-refractivity contribution in [2.45, 2.75) is 26.1 Å². The second kappa shape index (κ2) is 8.85. The SMILES string of the molecule is CC(=O)Nc1ccc(NS(C)(=O)=O)c(C(=O)N2CC(C)OC(c3ccccc3)C2)c1. The van der Waals surface area contributed by atoms with Crippen molar-refractivity contribution >= 4 is 33.2 Å². The van der Waals surface area contributed by atoms with Crippen LogP contribution in [0.15, 0.2) is 48.5 Å². The smallest absolute Gasteiger partial charge is 0.256 e. The number of sulfonamides is 1. The van der Waals surface area contributed by atoms with Crippen LogP contribution in [0, 0.1) is 0 Å². The van der Waals surface area contributed by atoms with Gasteiger partial charge < -0.3 is 15.0 Å². The highest BCUT2D eigenvalue weighted by Gasteiger charge is 2.31. The molecule has 1 fully saturated rings. The van der Waals surface area contributed by atoms with Gasteiger partial charge in [0.25, 0.3) is 5.91 Å². The van der Waals surface area contributed by atoms with Crippen molar-refractivity contribution in [2.75, 3.05) is 29.4 Å². The Morgan fingerprint density at radius 1 is 1.10 bits per heavy atom. The summed E-state index contributed by atoms with van der Waals surface area (Å²) in [4.78, 5) is 26.5.